The van der Waals surface area contributed by atoms with E-state index in [4.69, 9.17) is 5.11 Å². The van der Waals surface area contributed by atoms with E-state index < -0.39 is 35.4 Å². The zero-order valence-corrected chi connectivity index (χ0v) is 13.7. The summed E-state index contributed by atoms with van der Waals surface area (Å²) in [7, 11) is 1.47. The van der Waals surface area contributed by atoms with Gasteiger partial charge in [0.15, 0.2) is 0 Å². The number of carboxylic acids is 1. The van der Waals surface area contributed by atoms with Crippen LogP contribution in [-0.2, 0) is 14.4 Å². The fourth-order valence-corrected chi connectivity index (χ4v) is 3.32. The van der Waals surface area contributed by atoms with Crippen LogP contribution in [0.25, 0.3) is 0 Å². The maximum atomic E-state index is 12.6. The smallest absolute Gasteiger partial charge is 0.325 e. The summed E-state index contributed by atoms with van der Waals surface area (Å²) in [5.74, 6) is -2.52. The van der Waals surface area contributed by atoms with E-state index in [9.17, 15) is 19.2 Å². The molecule has 2 fully saturated rings. The van der Waals surface area contributed by atoms with Gasteiger partial charge < -0.3 is 15.3 Å². The van der Waals surface area contributed by atoms with Gasteiger partial charge in [0.05, 0.1) is 5.92 Å². The minimum Gasteiger partial charge on any atom is -0.481 e. The van der Waals surface area contributed by atoms with Crippen LogP contribution in [0.2, 0.25) is 0 Å². The van der Waals surface area contributed by atoms with E-state index in [1.54, 1.807) is 0 Å². The third kappa shape index (κ3) is 3.02. The Morgan fingerprint density at radius 2 is 1.87 bits per heavy atom. The third-order valence-corrected chi connectivity index (χ3v) is 4.74. The molecule has 2 aliphatic rings. The molecule has 4 amide bonds. The number of nitrogens with zero attached hydrogens (tertiary/aromatic N) is 2. The maximum absolute atomic E-state index is 12.6. The van der Waals surface area contributed by atoms with Gasteiger partial charge in [0, 0.05) is 13.6 Å². The molecule has 1 saturated carbocycles. The molecule has 0 aromatic rings. The van der Waals surface area contributed by atoms with Crippen LogP contribution in [0.3, 0.4) is 0 Å². The fraction of sp³-hybridized carbons (Fsp3) is 0.733. The minimum absolute atomic E-state index is 0.0211. The molecule has 0 bridgehead atoms. The molecule has 1 aliphatic carbocycles. The molecule has 1 spiro atoms. The average Bonchev–Trinajstić information content (AvgIpc) is 3.04. The number of amides is 4. The lowest BCUT2D eigenvalue weighted by atomic mass is 9.97. The van der Waals surface area contributed by atoms with Gasteiger partial charge in [-0.15, -0.1) is 0 Å². The molecule has 128 valence electrons. The molecule has 8 nitrogen and oxygen atoms in total. The van der Waals surface area contributed by atoms with Crippen LogP contribution in [0.15, 0.2) is 0 Å². The van der Waals surface area contributed by atoms with Crippen LogP contribution in [0.1, 0.15) is 39.5 Å². The van der Waals surface area contributed by atoms with Gasteiger partial charge in [0.25, 0.3) is 5.91 Å². The first-order valence-electron chi connectivity index (χ1n) is 7.83. The van der Waals surface area contributed by atoms with Crippen molar-refractivity contribution < 1.29 is 24.3 Å². The number of urea groups is 1. The quantitative estimate of drug-likeness (QED) is 0.712. The van der Waals surface area contributed by atoms with Crippen LogP contribution < -0.4 is 5.32 Å². The second kappa shape index (κ2) is 6.17. The van der Waals surface area contributed by atoms with Crippen LogP contribution in [-0.4, -0.2) is 63.9 Å². The van der Waals surface area contributed by atoms with Crippen molar-refractivity contribution >= 4 is 23.8 Å². The zero-order valence-electron chi connectivity index (χ0n) is 13.7. The number of carbonyl (C=O) groups excluding carboxylic acids is 3. The van der Waals surface area contributed by atoms with Crippen molar-refractivity contribution in [2.45, 2.75) is 51.1 Å². The Hall–Kier alpha value is -2.12. The molecule has 2 atom stereocenters. The lowest BCUT2D eigenvalue weighted by Gasteiger charge is -2.28. The van der Waals surface area contributed by atoms with Crippen LogP contribution in [0, 0.1) is 5.92 Å². The monoisotopic (exact) mass is 325 g/mol. The molecule has 2 unspecified atom stereocenters. The highest BCUT2D eigenvalue weighted by Gasteiger charge is 2.54. The molecular formula is C15H23N3O5. The highest BCUT2D eigenvalue weighted by atomic mass is 16.4. The normalized spacial score (nSPS) is 22.1. The van der Waals surface area contributed by atoms with Gasteiger partial charge >= 0.3 is 12.0 Å². The first-order valence-corrected chi connectivity index (χ1v) is 7.83. The van der Waals surface area contributed by atoms with Gasteiger partial charge in [-0.05, 0) is 19.8 Å². The predicted octanol–water partition coefficient (Wildman–Crippen LogP) is 0.419. The maximum Gasteiger partial charge on any atom is 0.325 e. The second-order valence-corrected chi connectivity index (χ2v) is 6.53. The summed E-state index contributed by atoms with van der Waals surface area (Å²) in [6.45, 7) is 3.01. The van der Waals surface area contributed by atoms with Crippen molar-refractivity contribution in [2.24, 2.45) is 5.92 Å². The van der Waals surface area contributed by atoms with E-state index >= 15 is 0 Å². The first-order chi connectivity index (χ1) is 10.7. The van der Waals surface area contributed by atoms with Crippen molar-refractivity contribution in [3.63, 3.8) is 0 Å². The van der Waals surface area contributed by atoms with Crippen LogP contribution >= 0.6 is 0 Å². The largest absolute Gasteiger partial charge is 0.481 e. The predicted molar refractivity (Wildman–Crippen MR) is 80.5 cm³/mol. The topological polar surface area (TPSA) is 107 Å². The molecule has 23 heavy (non-hydrogen) atoms. The van der Waals surface area contributed by atoms with Crippen molar-refractivity contribution in [1.82, 2.24) is 15.1 Å². The van der Waals surface area contributed by atoms with Crippen LogP contribution in [0.4, 0.5) is 4.79 Å². The Morgan fingerprint density at radius 3 is 2.39 bits per heavy atom. The summed E-state index contributed by atoms with van der Waals surface area (Å²) in [6.07, 6.45) is 2.94. The zero-order chi connectivity index (χ0) is 17.4. The second-order valence-electron chi connectivity index (χ2n) is 6.53. The summed E-state index contributed by atoms with van der Waals surface area (Å²) in [6, 6.07) is -1.49. The molecule has 0 aromatic carbocycles. The summed E-state index contributed by atoms with van der Waals surface area (Å²) in [4.78, 5) is 50.4. The fourth-order valence-electron chi connectivity index (χ4n) is 3.32. The summed E-state index contributed by atoms with van der Waals surface area (Å²) in [5.41, 5.74) is -0.849. The highest BCUT2D eigenvalue weighted by molar-refractivity contribution is 6.09. The van der Waals surface area contributed by atoms with Gasteiger partial charge in [-0.1, -0.05) is 19.8 Å². The lowest BCUT2D eigenvalue weighted by Crippen LogP contribution is -2.51. The van der Waals surface area contributed by atoms with Gasteiger partial charge in [-0.25, -0.2) is 9.69 Å². The molecule has 8 heteroatoms. The van der Waals surface area contributed by atoms with E-state index in [1.165, 1.54) is 25.8 Å². The molecule has 1 aliphatic heterocycles. The summed E-state index contributed by atoms with van der Waals surface area (Å²) < 4.78 is 0. The number of aliphatic carboxylic acids is 1. The van der Waals surface area contributed by atoms with Crippen LogP contribution in [0.5, 0.6) is 0 Å². The van der Waals surface area contributed by atoms with Gasteiger partial charge in [-0.2, -0.15) is 0 Å². The van der Waals surface area contributed by atoms with E-state index in [1.807, 2.05) is 0 Å². The van der Waals surface area contributed by atoms with Gasteiger partial charge in [0.1, 0.15) is 11.6 Å². The highest BCUT2D eigenvalue weighted by Crippen LogP contribution is 2.35. The minimum atomic E-state index is -1.00. The molecule has 2 rings (SSSR count). The Labute approximate surface area is 134 Å². The molecule has 1 saturated heterocycles. The Morgan fingerprint density at radius 1 is 1.30 bits per heavy atom. The number of nitrogens with one attached hydrogen (secondary N) is 1. The Kier molecular flexibility index (Phi) is 4.63. The summed E-state index contributed by atoms with van der Waals surface area (Å²) in [5, 5.41) is 11.7. The molecule has 0 aromatic heterocycles. The van der Waals surface area contributed by atoms with E-state index in [0.717, 1.165) is 17.7 Å². The Balaban J connectivity index is 2.08. The van der Waals surface area contributed by atoms with Crippen molar-refractivity contribution in [1.29, 1.82) is 0 Å². The molecule has 0 radical (unpaired) electrons. The number of imide groups is 1. The summed E-state index contributed by atoms with van der Waals surface area (Å²) >= 11 is 0. The molecular weight excluding hydrogens is 302 g/mol. The van der Waals surface area contributed by atoms with Crippen molar-refractivity contribution in [2.75, 3.05) is 13.6 Å². The number of likely N-dealkylation sites (N-methyl/N-ethyl adjacent to an activating group) is 1. The standard InChI is InChI=1S/C15H23N3O5/c1-9(12(20)21)8-17(3)11(19)10(2)18-13(22)15(16-14(18)23)6-4-5-7-15/h9-10H,4-8H2,1-3H3,(H,16,23)(H,20,21). The lowest BCUT2D eigenvalue weighted by molar-refractivity contribution is -0.145. The SMILES string of the molecule is CC(CN(C)C(=O)C(C)N1C(=O)NC2(CCCC2)C1=O)C(=O)O. The number of hydrogen-bond donors (Lipinski definition) is 2. The Bertz CT molecular complexity index is 541. The van der Waals surface area contributed by atoms with E-state index in [0.29, 0.717) is 12.8 Å². The van der Waals surface area contributed by atoms with Gasteiger partial charge in [0.2, 0.25) is 5.91 Å². The number of rotatable bonds is 5. The molecule has 1 heterocycles. The number of carboxylic acid groups (broad SMARTS) is 1. The van der Waals surface area contributed by atoms with E-state index in [-0.39, 0.29) is 12.5 Å². The van der Waals surface area contributed by atoms with Gasteiger partial charge in [-0.3, -0.25) is 14.4 Å². The average molecular weight is 325 g/mol. The van der Waals surface area contributed by atoms with Crippen molar-refractivity contribution in [3.05, 3.63) is 0 Å². The third-order valence-electron chi connectivity index (χ3n) is 4.74. The first kappa shape index (κ1) is 17.2. The molecule has 2 N–H and O–H groups in total. The van der Waals surface area contributed by atoms with Crippen molar-refractivity contribution in [3.8, 4) is 0 Å². The number of hydrogen-bond acceptors (Lipinski definition) is 4. The van der Waals surface area contributed by atoms with E-state index in [2.05, 4.69) is 5.32 Å². The number of carbonyl (C=O) groups is 4.